The molecule has 0 saturated heterocycles. The Labute approximate surface area is 120 Å². The Balaban J connectivity index is 0.00000200. The Kier molecular flexibility index (Phi) is 5.56. The molecule has 0 amide bonds. The van der Waals surface area contributed by atoms with Crippen LogP contribution in [0.2, 0.25) is 0 Å². The van der Waals surface area contributed by atoms with Gasteiger partial charge in [-0.3, -0.25) is 4.84 Å². The van der Waals surface area contributed by atoms with E-state index in [1.807, 2.05) is 6.07 Å². The number of halogens is 4. The van der Waals surface area contributed by atoms with Crippen molar-refractivity contribution in [1.82, 2.24) is 0 Å². The van der Waals surface area contributed by atoms with Crippen LogP contribution in [0.5, 0.6) is 0 Å². The zero-order valence-corrected chi connectivity index (χ0v) is 11.1. The fourth-order valence-electron chi connectivity index (χ4n) is 1.86. The van der Waals surface area contributed by atoms with Crippen molar-refractivity contribution in [3.8, 4) is 0 Å². The van der Waals surface area contributed by atoms with E-state index in [1.54, 1.807) is 30.3 Å². The van der Waals surface area contributed by atoms with Crippen LogP contribution in [0.1, 0.15) is 22.8 Å². The van der Waals surface area contributed by atoms with Crippen molar-refractivity contribution in [3.05, 3.63) is 71.3 Å². The van der Waals surface area contributed by atoms with E-state index in [9.17, 15) is 13.2 Å². The van der Waals surface area contributed by atoms with Gasteiger partial charge in [-0.2, -0.15) is 13.2 Å². The number of hydrogen-bond donors (Lipinski definition) is 1. The molecule has 0 heterocycles. The third kappa shape index (κ3) is 3.72. The lowest BCUT2D eigenvalue weighted by Crippen LogP contribution is -2.12. The molecule has 0 spiro atoms. The topological polar surface area (TPSA) is 35.2 Å². The van der Waals surface area contributed by atoms with Gasteiger partial charge in [-0.05, 0) is 23.3 Å². The van der Waals surface area contributed by atoms with Gasteiger partial charge in [-0.25, -0.2) is 5.90 Å². The second-order valence-corrected chi connectivity index (χ2v) is 4.05. The number of alkyl halides is 3. The second-order valence-electron chi connectivity index (χ2n) is 4.05. The van der Waals surface area contributed by atoms with E-state index in [0.717, 1.165) is 12.1 Å². The van der Waals surface area contributed by atoms with Crippen molar-refractivity contribution in [1.29, 1.82) is 0 Å². The van der Waals surface area contributed by atoms with Gasteiger partial charge in [0.1, 0.15) is 6.10 Å². The zero-order chi connectivity index (χ0) is 13.9. The Hall–Kier alpha value is -1.56. The minimum Gasteiger partial charge on any atom is -0.292 e. The van der Waals surface area contributed by atoms with Crippen LogP contribution in [0.25, 0.3) is 0 Å². The molecular weight excluding hydrogens is 291 g/mol. The lowest BCUT2D eigenvalue weighted by atomic mass is 9.99. The van der Waals surface area contributed by atoms with Crippen LogP contribution < -0.4 is 5.90 Å². The van der Waals surface area contributed by atoms with E-state index in [1.165, 1.54) is 6.07 Å². The standard InChI is InChI=1S/C14H12F3NO.ClH/c15-14(16,17)12-8-4-7-11(9-12)13(19-18)10-5-2-1-3-6-10;/h1-9,13H,18H2;1H. The maximum Gasteiger partial charge on any atom is 0.416 e. The molecular formula is C14H13ClF3NO. The van der Waals surface area contributed by atoms with Crippen LogP contribution >= 0.6 is 12.4 Å². The summed E-state index contributed by atoms with van der Waals surface area (Å²) in [6.45, 7) is 0. The Morgan fingerprint density at radius 3 is 2.05 bits per heavy atom. The highest BCUT2D eigenvalue weighted by atomic mass is 35.5. The zero-order valence-electron chi connectivity index (χ0n) is 10.3. The summed E-state index contributed by atoms with van der Waals surface area (Å²) in [6, 6.07) is 13.8. The predicted octanol–water partition coefficient (Wildman–Crippen LogP) is 4.11. The van der Waals surface area contributed by atoms with E-state index < -0.39 is 17.8 Å². The first-order valence-electron chi connectivity index (χ1n) is 5.60. The van der Waals surface area contributed by atoms with Crippen LogP contribution in [0, 0.1) is 0 Å². The summed E-state index contributed by atoms with van der Waals surface area (Å²) in [5, 5.41) is 0. The van der Waals surface area contributed by atoms with Crippen LogP contribution in [0.3, 0.4) is 0 Å². The molecule has 0 fully saturated rings. The fourth-order valence-corrected chi connectivity index (χ4v) is 1.86. The van der Waals surface area contributed by atoms with E-state index in [2.05, 4.69) is 0 Å². The molecule has 0 saturated carbocycles. The highest BCUT2D eigenvalue weighted by molar-refractivity contribution is 5.85. The van der Waals surface area contributed by atoms with Crippen molar-refractivity contribution >= 4 is 12.4 Å². The monoisotopic (exact) mass is 303 g/mol. The average Bonchev–Trinajstić information content (AvgIpc) is 2.40. The molecule has 2 N–H and O–H groups in total. The molecule has 1 atom stereocenters. The maximum absolute atomic E-state index is 12.7. The molecule has 108 valence electrons. The number of nitrogens with two attached hydrogens (primary N) is 1. The third-order valence-electron chi connectivity index (χ3n) is 2.76. The summed E-state index contributed by atoms with van der Waals surface area (Å²) in [5.74, 6) is 5.21. The normalized spacial score (nSPS) is 12.6. The van der Waals surface area contributed by atoms with Gasteiger partial charge in [0.05, 0.1) is 5.56 Å². The third-order valence-corrected chi connectivity index (χ3v) is 2.76. The van der Waals surface area contributed by atoms with Gasteiger partial charge in [0.15, 0.2) is 0 Å². The van der Waals surface area contributed by atoms with Crippen LogP contribution in [0.4, 0.5) is 13.2 Å². The summed E-state index contributed by atoms with van der Waals surface area (Å²) in [6.07, 6.45) is -5.10. The summed E-state index contributed by atoms with van der Waals surface area (Å²) < 4.78 is 38.0. The van der Waals surface area contributed by atoms with Crippen molar-refractivity contribution in [2.45, 2.75) is 12.3 Å². The molecule has 2 aromatic carbocycles. The van der Waals surface area contributed by atoms with Gasteiger partial charge in [-0.15, -0.1) is 12.4 Å². The summed E-state index contributed by atoms with van der Waals surface area (Å²) in [7, 11) is 0. The lowest BCUT2D eigenvalue weighted by Gasteiger charge is -2.17. The fraction of sp³-hybridized carbons (Fsp3) is 0.143. The Morgan fingerprint density at radius 2 is 1.50 bits per heavy atom. The molecule has 6 heteroatoms. The van der Waals surface area contributed by atoms with Crippen LogP contribution in [-0.2, 0) is 11.0 Å². The van der Waals surface area contributed by atoms with Crippen LogP contribution in [0.15, 0.2) is 54.6 Å². The van der Waals surface area contributed by atoms with E-state index in [4.69, 9.17) is 10.7 Å². The van der Waals surface area contributed by atoms with Crippen molar-refractivity contribution in [2.75, 3.05) is 0 Å². The molecule has 0 bridgehead atoms. The highest BCUT2D eigenvalue weighted by Crippen LogP contribution is 2.32. The number of rotatable bonds is 3. The van der Waals surface area contributed by atoms with Gasteiger partial charge in [-0.1, -0.05) is 42.5 Å². The van der Waals surface area contributed by atoms with Gasteiger partial charge < -0.3 is 0 Å². The SMILES string of the molecule is Cl.NOC(c1ccccc1)c1cccc(C(F)(F)F)c1. The Bertz CT molecular complexity index is 546. The molecule has 0 aromatic heterocycles. The molecule has 2 rings (SSSR count). The summed E-state index contributed by atoms with van der Waals surface area (Å²) in [4.78, 5) is 4.82. The van der Waals surface area contributed by atoms with Crippen LogP contribution in [-0.4, -0.2) is 0 Å². The molecule has 2 nitrogen and oxygen atoms in total. The van der Waals surface area contributed by atoms with Gasteiger partial charge in [0.25, 0.3) is 0 Å². The van der Waals surface area contributed by atoms with Gasteiger partial charge in [0.2, 0.25) is 0 Å². The van der Waals surface area contributed by atoms with E-state index in [0.29, 0.717) is 11.1 Å². The molecule has 2 aromatic rings. The van der Waals surface area contributed by atoms with Crippen molar-refractivity contribution in [3.63, 3.8) is 0 Å². The lowest BCUT2D eigenvalue weighted by molar-refractivity contribution is -0.137. The first kappa shape index (κ1) is 16.5. The molecule has 20 heavy (non-hydrogen) atoms. The largest absolute Gasteiger partial charge is 0.416 e. The van der Waals surface area contributed by atoms with E-state index in [-0.39, 0.29) is 12.4 Å². The number of hydrogen-bond acceptors (Lipinski definition) is 2. The molecule has 1 unspecified atom stereocenters. The average molecular weight is 304 g/mol. The first-order valence-corrected chi connectivity index (χ1v) is 5.60. The smallest absolute Gasteiger partial charge is 0.292 e. The highest BCUT2D eigenvalue weighted by Gasteiger charge is 2.31. The van der Waals surface area contributed by atoms with Gasteiger partial charge >= 0.3 is 6.18 Å². The molecule has 0 aliphatic rings. The van der Waals surface area contributed by atoms with Crippen molar-refractivity contribution in [2.24, 2.45) is 5.90 Å². The predicted molar refractivity (Wildman–Crippen MR) is 72.2 cm³/mol. The maximum atomic E-state index is 12.7. The summed E-state index contributed by atoms with van der Waals surface area (Å²) in [5.41, 5.74) is 0.343. The second kappa shape index (κ2) is 6.74. The molecule has 0 radical (unpaired) electrons. The van der Waals surface area contributed by atoms with Crippen molar-refractivity contribution < 1.29 is 18.0 Å². The quantitative estimate of drug-likeness (QED) is 0.866. The first-order chi connectivity index (χ1) is 9.02. The molecule has 0 aliphatic carbocycles. The summed E-state index contributed by atoms with van der Waals surface area (Å²) >= 11 is 0. The van der Waals surface area contributed by atoms with E-state index >= 15 is 0 Å². The molecule has 0 aliphatic heterocycles. The Morgan fingerprint density at radius 1 is 0.900 bits per heavy atom. The number of benzene rings is 2. The minimum absolute atomic E-state index is 0. The minimum atomic E-state index is -4.38. The van der Waals surface area contributed by atoms with Gasteiger partial charge in [0, 0.05) is 0 Å².